The Hall–Kier alpha value is -1.91. The predicted octanol–water partition coefficient (Wildman–Crippen LogP) is 8.38. The maximum Gasteiger partial charge on any atom is 0.314 e. The first-order valence-electron chi connectivity index (χ1n) is 14.6. The number of halogens is 1. The molecule has 0 bridgehead atoms. The van der Waals surface area contributed by atoms with Crippen LogP contribution in [0.2, 0.25) is 0 Å². The third-order valence-corrected chi connectivity index (χ3v) is 9.42. The Morgan fingerprint density at radius 1 is 0.833 bits per heavy atom. The molecule has 1 aromatic rings. The lowest BCUT2D eigenvalue weighted by molar-refractivity contribution is -0.146. The second kappa shape index (κ2) is 14.1. The lowest BCUT2D eigenvalue weighted by Gasteiger charge is -2.42. The van der Waals surface area contributed by atoms with Crippen LogP contribution in [0.15, 0.2) is 24.3 Å². The van der Waals surface area contributed by atoms with Crippen LogP contribution >= 0.6 is 0 Å². The summed E-state index contributed by atoms with van der Waals surface area (Å²) in [5.41, 5.74) is -0.0452. The lowest BCUT2D eigenvalue weighted by Crippen LogP contribution is -2.41. The third kappa shape index (κ3) is 7.79. The molecule has 0 unspecified atom stereocenters. The van der Waals surface area contributed by atoms with Gasteiger partial charge in [0.1, 0.15) is 5.82 Å². The molecule has 3 aliphatic carbocycles. The van der Waals surface area contributed by atoms with Crippen molar-refractivity contribution in [3.63, 3.8) is 0 Å². The summed E-state index contributed by atoms with van der Waals surface area (Å²) in [6.07, 6.45) is 19.5. The maximum atomic E-state index is 13.3. The molecule has 0 heterocycles. The van der Waals surface area contributed by atoms with Crippen molar-refractivity contribution in [2.24, 2.45) is 23.7 Å². The number of carboxylic acid groups (broad SMARTS) is 2. The van der Waals surface area contributed by atoms with Crippen molar-refractivity contribution in [3.05, 3.63) is 35.6 Å². The summed E-state index contributed by atoms with van der Waals surface area (Å²) in [5, 5.41) is 18.5. The smallest absolute Gasteiger partial charge is 0.314 e. The van der Waals surface area contributed by atoms with E-state index in [4.69, 9.17) is 5.11 Å². The molecule has 0 amide bonds. The van der Waals surface area contributed by atoms with E-state index in [0.29, 0.717) is 18.8 Å². The van der Waals surface area contributed by atoms with Gasteiger partial charge in [-0.3, -0.25) is 9.59 Å². The molecule has 0 aromatic heterocycles. The van der Waals surface area contributed by atoms with Crippen molar-refractivity contribution in [2.75, 3.05) is 0 Å². The number of hydrogen-bond donors (Lipinski definition) is 2. The minimum atomic E-state index is -0.818. The van der Waals surface area contributed by atoms with Crippen LogP contribution in [-0.4, -0.2) is 22.2 Å². The summed E-state index contributed by atoms with van der Waals surface area (Å²) < 4.78 is 13.3. The van der Waals surface area contributed by atoms with Gasteiger partial charge in [0.05, 0.1) is 11.3 Å². The second-order valence-corrected chi connectivity index (χ2v) is 11.7. The van der Waals surface area contributed by atoms with E-state index < -0.39 is 17.4 Å². The normalized spacial score (nSPS) is 29.1. The van der Waals surface area contributed by atoms with E-state index in [1.807, 2.05) is 0 Å². The van der Waals surface area contributed by atoms with Gasteiger partial charge in [0.15, 0.2) is 0 Å². The van der Waals surface area contributed by atoms with E-state index in [0.717, 1.165) is 55.9 Å². The van der Waals surface area contributed by atoms with Gasteiger partial charge in [-0.1, -0.05) is 76.8 Å². The quantitative estimate of drug-likeness (QED) is 0.350. The molecule has 0 spiro atoms. The highest BCUT2D eigenvalue weighted by Gasteiger charge is 2.45. The molecule has 4 rings (SSSR count). The highest BCUT2D eigenvalue weighted by molar-refractivity contribution is 5.81. The second-order valence-electron chi connectivity index (χ2n) is 11.7. The van der Waals surface area contributed by atoms with Crippen LogP contribution in [0.5, 0.6) is 0 Å². The largest absolute Gasteiger partial charge is 0.481 e. The Kier molecular flexibility index (Phi) is 11.3. The fourth-order valence-corrected chi connectivity index (χ4v) is 6.98. The molecule has 3 aliphatic rings. The Balaban J connectivity index is 0.000000338. The molecule has 36 heavy (non-hydrogen) atoms. The third-order valence-electron chi connectivity index (χ3n) is 9.42. The summed E-state index contributed by atoms with van der Waals surface area (Å²) in [7, 11) is 0. The predicted molar refractivity (Wildman–Crippen MR) is 141 cm³/mol. The van der Waals surface area contributed by atoms with Crippen molar-refractivity contribution >= 4 is 11.9 Å². The summed E-state index contributed by atoms with van der Waals surface area (Å²) in [6.45, 7) is 2.27. The van der Waals surface area contributed by atoms with Gasteiger partial charge in [-0.05, 0) is 86.8 Å². The molecule has 0 saturated heterocycles. The summed E-state index contributed by atoms with van der Waals surface area (Å²) in [5.74, 6) is 0.708. The SMILES string of the molecule is CCCCCC1CCC(C2CCC(C(=O)O)(c3ccc(F)cc3)CC2)CC1.O=C(O)C1CCCCC1. The van der Waals surface area contributed by atoms with Gasteiger partial charge < -0.3 is 10.2 Å². The molecule has 3 saturated carbocycles. The number of benzene rings is 1. The van der Waals surface area contributed by atoms with E-state index in [-0.39, 0.29) is 11.7 Å². The molecule has 1 aromatic carbocycles. The van der Waals surface area contributed by atoms with Gasteiger partial charge in [-0.2, -0.15) is 0 Å². The van der Waals surface area contributed by atoms with Gasteiger partial charge in [0.25, 0.3) is 0 Å². The Labute approximate surface area is 217 Å². The van der Waals surface area contributed by atoms with Crippen LogP contribution in [0.1, 0.15) is 122 Å². The molecule has 2 N–H and O–H groups in total. The average molecular weight is 503 g/mol. The fourth-order valence-electron chi connectivity index (χ4n) is 6.98. The first-order chi connectivity index (χ1) is 17.4. The minimum Gasteiger partial charge on any atom is -0.481 e. The van der Waals surface area contributed by atoms with Crippen molar-refractivity contribution in [2.45, 2.75) is 121 Å². The first kappa shape index (κ1) is 28.7. The van der Waals surface area contributed by atoms with Crippen LogP contribution in [-0.2, 0) is 15.0 Å². The monoisotopic (exact) mass is 502 g/mol. The molecule has 4 nitrogen and oxygen atoms in total. The van der Waals surface area contributed by atoms with E-state index in [1.165, 1.54) is 69.9 Å². The standard InChI is InChI=1S/C24H35FO2.C7H12O2/c1-2-3-4-5-18-6-8-19(9-7-18)20-14-16-24(17-15-20,23(26)27)21-10-12-22(25)13-11-21;8-7(9)6-4-2-1-3-5-6/h10-13,18-20H,2-9,14-17H2,1H3,(H,26,27);6H,1-5H2,(H,8,9). The van der Waals surface area contributed by atoms with Crippen LogP contribution in [0.25, 0.3) is 0 Å². The van der Waals surface area contributed by atoms with E-state index >= 15 is 0 Å². The summed E-state index contributed by atoms with van der Waals surface area (Å²) in [4.78, 5) is 22.5. The van der Waals surface area contributed by atoms with E-state index in [2.05, 4.69) is 6.92 Å². The fraction of sp³-hybridized carbons (Fsp3) is 0.742. The number of aliphatic carboxylic acids is 2. The van der Waals surface area contributed by atoms with Crippen LogP contribution in [0, 0.1) is 29.5 Å². The molecular weight excluding hydrogens is 455 g/mol. The minimum absolute atomic E-state index is 0.0289. The van der Waals surface area contributed by atoms with Crippen LogP contribution < -0.4 is 0 Å². The zero-order valence-corrected chi connectivity index (χ0v) is 22.2. The van der Waals surface area contributed by atoms with Gasteiger partial charge in [0.2, 0.25) is 0 Å². The molecule has 3 fully saturated rings. The number of unbranched alkanes of at least 4 members (excludes halogenated alkanes) is 2. The Bertz CT molecular complexity index is 798. The lowest BCUT2D eigenvalue weighted by atomic mass is 9.62. The molecule has 5 heteroatoms. The zero-order chi connectivity index (χ0) is 26.0. The van der Waals surface area contributed by atoms with Crippen molar-refractivity contribution in [1.82, 2.24) is 0 Å². The number of carbonyl (C=O) groups is 2. The summed E-state index contributed by atoms with van der Waals surface area (Å²) in [6, 6.07) is 6.13. The van der Waals surface area contributed by atoms with Gasteiger partial charge >= 0.3 is 11.9 Å². The molecule has 202 valence electrons. The topological polar surface area (TPSA) is 74.6 Å². The Morgan fingerprint density at radius 2 is 1.42 bits per heavy atom. The van der Waals surface area contributed by atoms with Gasteiger partial charge in [0, 0.05) is 0 Å². The highest BCUT2D eigenvalue weighted by Crippen LogP contribution is 2.47. The van der Waals surface area contributed by atoms with Crippen molar-refractivity contribution < 1.29 is 24.2 Å². The zero-order valence-electron chi connectivity index (χ0n) is 22.2. The van der Waals surface area contributed by atoms with Gasteiger partial charge in [-0.15, -0.1) is 0 Å². The maximum absolute atomic E-state index is 13.3. The number of hydrogen-bond acceptors (Lipinski definition) is 2. The first-order valence-corrected chi connectivity index (χ1v) is 14.6. The van der Waals surface area contributed by atoms with E-state index in [1.54, 1.807) is 12.1 Å². The van der Waals surface area contributed by atoms with Crippen molar-refractivity contribution in [1.29, 1.82) is 0 Å². The number of rotatable bonds is 8. The van der Waals surface area contributed by atoms with Crippen LogP contribution in [0.4, 0.5) is 4.39 Å². The van der Waals surface area contributed by atoms with Crippen molar-refractivity contribution in [3.8, 4) is 0 Å². The molecule has 0 atom stereocenters. The molecular formula is C31H47FO4. The number of carboxylic acids is 2. The Morgan fingerprint density at radius 3 is 1.92 bits per heavy atom. The van der Waals surface area contributed by atoms with Crippen LogP contribution in [0.3, 0.4) is 0 Å². The van der Waals surface area contributed by atoms with Gasteiger partial charge in [-0.25, -0.2) is 4.39 Å². The summed E-state index contributed by atoms with van der Waals surface area (Å²) >= 11 is 0. The molecule has 0 aliphatic heterocycles. The average Bonchev–Trinajstić information content (AvgIpc) is 2.90. The highest BCUT2D eigenvalue weighted by atomic mass is 19.1. The van der Waals surface area contributed by atoms with E-state index in [9.17, 15) is 19.1 Å². The molecule has 0 radical (unpaired) electrons.